The summed E-state index contributed by atoms with van der Waals surface area (Å²) in [5.41, 5.74) is 4.55. The minimum atomic E-state index is 0.0245. The molecule has 2 fully saturated rings. The predicted octanol–water partition coefficient (Wildman–Crippen LogP) is 3.98. The lowest BCUT2D eigenvalue weighted by atomic mass is 10.1. The monoisotopic (exact) mass is 521 g/mol. The van der Waals surface area contributed by atoms with Crippen molar-refractivity contribution < 1.29 is 9.53 Å². The fourth-order valence-electron chi connectivity index (χ4n) is 5.82. The highest BCUT2D eigenvalue weighted by Crippen LogP contribution is 2.37. The van der Waals surface area contributed by atoms with Gasteiger partial charge in [-0.2, -0.15) is 10.2 Å². The lowest BCUT2D eigenvalue weighted by molar-refractivity contribution is -0.129. The van der Waals surface area contributed by atoms with Crippen LogP contribution in [0.2, 0.25) is 0 Å². The van der Waals surface area contributed by atoms with Crippen molar-refractivity contribution in [3.8, 4) is 11.5 Å². The fraction of sp³-hybridized carbons (Fsp3) is 0.250. The Balaban J connectivity index is 1.14. The van der Waals surface area contributed by atoms with Crippen LogP contribution in [0.15, 0.2) is 74.1 Å². The molecule has 11 heteroatoms. The molecule has 0 saturated carbocycles. The standard InChI is InChI=1S/C28H27N9O2/c1-3-26(38)37-20-5-6-21(37)15-34(14-20)23-9-11-36-27(23)28(30-17-32-36)33-19-4-7-24(18(2)12-19)39-22-8-10-35-25(13-22)29-16-31-35/h3-4,7-13,16-17,20-21H,1,5-6,14-15H2,2H3,(H,30,32,33). The van der Waals surface area contributed by atoms with Crippen molar-refractivity contribution in [2.75, 3.05) is 23.3 Å². The second kappa shape index (κ2) is 9.12. The molecule has 39 heavy (non-hydrogen) atoms. The van der Waals surface area contributed by atoms with Crippen molar-refractivity contribution in [2.24, 2.45) is 0 Å². The molecule has 5 aromatic rings. The zero-order valence-electron chi connectivity index (χ0n) is 21.4. The zero-order valence-corrected chi connectivity index (χ0v) is 21.4. The van der Waals surface area contributed by atoms with Gasteiger partial charge in [0, 0.05) is 49.3 Å². The SMILES string of the molecule is C=CC(=O)N1C2CCC1CN(c1ccn3ncnc(Nc4ccc(Oc5ccn6ncnc6c5)c(C)c4)c13)C2. The number of hydrogen-bond acceptors (Lipinski definition) is 8. The number of nitrogens with zero attached hydrogens (tertiary/aromatic N) is 8. The van der Waals surface area contributed by atoms with E-state index in [1.807, 2.05) is 59.1 Å². The molecule has 1 aromatic carbocycles. The second-order valence-electron chi connectivity index (χ2n) is 9.98. The summed E-state index contributed by atoms with van der Waals surface area (Å²) in [6.07, 6.45) is 10.3. The van der Waals surface area contributed by atoms with E-state index in [4.69, 9.17) is 4.74 Å². The number of aryl methyl sites for hydroxylation is 1. The van der Waals surface area contributed by atoms with Crippen molar-refractivity contribution in [2.45, 2.75) is 31.8 Å². The first kappa shape index (κ1) is 23.2. The third-order valence-electron chi connectivity index (χ3n) is 7.60. The maximum Gasteiger partial charge on any atom is 0.246 e. The van der Waals surface area contributed by atoms with Gasteiger partial charge in [0.25, 0.3) is 0 Å². The van der Waals surface area contributed by atoms with Crippen LogP contribution in [0.25, 0.3) is 11.2 Å². The van der Waals surface area contributed by atoms with Crippen LogP contribution in [0.1, 0.15) is 18.4 Å². The smallest absolute Gasteiger partial charge is 0.246 e. The average Bonchev–Trinajstić information content (AvgIpc) is 3.66. The van der Waals surface area contributed by atoms with E-state index in [0.29, 0.717) is 11.6 Å². The molecule has 11 nitrogen and oxygen atoms in total. The van der Waals surface area contributed by atoms with Crippen molar-refractivity contribution >= 4 is 34.3 Å². The summed E-state index contributed by atoms with van der Waals surface area (Å²) in [5.74, 6) is 2.19. The molecule has 7 rings (SSSR count). The Morgan fingerprint density at radius 3 is 2.59 bits per heavy atom. The van der Waals surface area contributed by atoms with Crippen LogP contribution >= 0.6 is 0 Å². The molecule has 6 heterocycles. The molecule has 1 amide bonds. The number of carbonyl (C=O) groups excluding carboxylic acids is 1. The number of rotatable bonds is 6. The number of nitrogens with one attached hydrogen (secondary N) is 1. The first-order valence-electron chi connectivity index (χ1n) is 12.9. The lowest BCUT2D eigenvalue weighted by Crippen LogP contribution is -2.55. The average molecular weight is 522 g/mol. The molecule has 4 aromatic heterocycles. The molecule has 0 aliphatic carbocycles. The van der Waals surface area contributed by atoms with Gasteiger partial charge < -0.3 is 19.9 Å². The Kier molecular flexibility index (Phi) is 5.43. The number of benzene rings is 1. The Morgan fingerprint density at radius 2 is 1.79 bits per heavy atom. The predicted molar refractivity (Wildman–Crippen MR) is 147 cm³/mol. The van der Waals surface area contributed by atoms with Gasteiger partial charge in [-0.3, -0.25) is 4.79 Å². The van der Waals surface area contributed by atoms with E-state index in [9.17, 15) is 4.79 Å². The number of pyridine rings is 1. The molecule has 196 valence electrons. The van der Waals surface area contributed by atoms with Crippen LogP contribution in [0, 0.1) is 6.92 Å². The van der Waals surface area contributed by atoms with Gasteiger partial charge in [-0.15, -0.1) is 0 Å². The number of carbonyl (C=O) groups is 1. The van der Waals surface area contributed by atoms with Crippen LogP contribution in [0.5, 0.6) is 11.5 Å². The highest BCUT2D eigenvalue weighted by atomic mass is 16.5. The summed E-state index contributed by atoms with van der Waals surface area (Å²) in [4.78, 5) is 25.6. The van der Waals surface area contributed by atoms with Crippen molar-refractivity contribution in [1.29, 1.82) is 0 Å². The number of aromatic nitrogens is 6. The van der Waals surface area contributed by atoms with E-state index < -0.39 is 0 Å². The van der Waals surface area contributed by atoms with E-state index >= 15 is 0 Å². The topological polar surface area (TPSA) is 105 Å². The number of ether oxygens (including phenoxy) is 1. The second-order valence-corrected chi connectivity index (χ2v) is 9.98. The molecular weight excluding hydrogens is 494 g/mol. The number of piperazine rings is 1. The highest BCUT2D eigenvalue weighted by Gasteiger charge is 2.42. The first-order chi connectivity index (χ1) is 19.1. The van der Waals surface area contributed by atoms with Crippen molar-refractivity contribution in [3.63, 3.8) is 0 Å². The van der Waals surface area contributed by atoms with Crippen LogP contribution in [-0.2, 0) is 4.79 Å². The Hall–Kier alpha value is -4.93. The first-order valence-corrected chi connectivity index (χ1v) is 12.9. The third kappa shape index (κ3) is 4.02. The summed E-state index contributed by atoms with van der Waals surface area (Å²) in [5, 5.41) is 12.0. The highest BCUT2D eigenvalue weighted by molar-refractivity contribution is 5.89. The van der Waals surface area contributed by atoms with Gasteiger partial charge in [0.05, 0.1) is 5.69 Å². The molecule has 2 unspecified atom stereocenters. The molecule has 0 spiro atoms. The molecule has 2 atom stereocenters. The van der Waals surface area contributed by atoms with Crippen molar-refractivity contribution in [3.05, 3.63) is 79.7 Å². The summed E-state index contributed by atoms with van der Waals surface area (Å²) in [7, 11) is 0. The van der Waals surface area contributed by atoms with Crippen LogP contribution in [0.3, 0.4) is 0 Å². The van der Waals surface area contributed by atoms with E-state index in [0.717, 1.165) is 59.8 Å². The minimum Gasteiger partial charge on any atom is -0.457 e. The lowest BCUT2D eigenvalue weighted by Gasteiger charge is -2.41. The van der Waals surface area contributed by atoms with Crippen molar-refractivity contribution in [1.82, 2.24) is 34.1 Å². The van der Waals surface area contributed by atoms with E-state index in [-0.39, 0.29) is 18.0 Å². The summed E-state index contributed by atoms with van der Waals surface area (Å²) in [6, 6.07) is 12.1. The van der Waals surface area contributed by atoms with Crippen LogP contribution in [-0.4, -0.2) is 65.2 Å². The number of hydrogen-bond donors (Lipinski definition) is 1. The molecule has 2 aliphatic heterocycles. The molecule has 0 radical (unpaired) electrons. The largest absolute Gasteiger partial charge is 0.457 e. The molecule has 1 N–H and O–H groups in total. The third-order valence-corrected chi connectivity index (χ3v) is 7.60. The Morgan fingerprint density at radius 1 is 1.03 bits per heavy atom. The summed E-state index contributed by atoms with van der Waals surface area (Å²) < 4.78 is 9.67. The van der Waals surface area contributed by atoms with Gasteiger partial charge in [0.15, 0.2) is 11.5 Å². The number of fused-ring (bicyclic) bond motifs is 4. The van der Waals surface area contributed by atoms with Gasteiger partial charge in [-0.05, 0) is 61.7 Å². The summed E-state index contributed by atoms with van der Waals surface area (Å²) in [6.45, 7) is 7.24. The van der Waals surface area contributed by atoms with Gasteiger partial charge >= 0.3 is 0 Å². The number of anilines is 3. The van der Waals surface area contributed by atoms with Crippen LogP contribution in [0.4, 0.5) is 17.2 Å². The maximum absolute atomic E-state index is 12.4. The van der Waals surface area contributed by atoms with E-state index in [1.165, 1.54) is 12.4 Å². The van der Waals surface area contributed by atoms with Gasteiger partial charge in [0.2, 0.25) is 5.91 Å². The minimum absolute atomic E-state index is 0.0245. The molecular formula is C28H27N9O2. The summed E-state index contributed by atoms with van der Waals surface area (Å²) >= 11 is 0. The number of amides is 1. The zero-order chi connectivity index (χ0) is 26.5. The Labute approximate surface area is 224 Å². The molecule has 2 bridgehead atoms. The van der Waals surface area contributed by atoms with Gasteiger partial charge in [-0.1, -0.05) is 6.58 Å². The van der Waals surface area contributed by atoms with Crippen LogP contribution < -0.4 is 15.0 Å². The molecule has 2 saturated heterocycles. The van der Waals surface area contributed by atoms with E-state index in [1.54, 1.807) is 10.8 Å². The maximum atomic E-state index is 12.4. The normalized spacial score (nSPS) is 18.6. The molecule has 2 aliphatic rings. The van der Waals surface area contributed by atoms with E-state index in [2.05, 4.69) is 43.0 Å². The fourth-order valence-corrected chi connectivity index (χ4v) is 5.82. The Bertz CT molecular complexity index is 1710. The van der Waals surface area contributed by atoms with Gasteiger partial charge in [0.1, 0.15) is 29.7 Å². The van der Waals surface area contributed by atoms with Gasteiger partial charge in [-0.25, -0.2) is 19.0 Å². The quantitative estimate of drug-likeness (QED) is 0.335.